The Kier molecular flexibility index (Phi) is 2.23. The van der Waals surface area contributed by atoms with Crippen LogP contribution < -0.4 is 5.32 Å². The van der Waals surface area contributed by atoms with Gasteiger partial charge in [0.05, 0.1) is 10.6 Å². The van der Waals surface area contributed by atoms with Gasteiger partial charge in [-0.25, -0.2) is 4.68 Å². The average Bonchev–Trinajstić information content (AvgIpc) is 2.84. The van der Waals surface area contributed by atoms with E-state index in [2.05, 4.69) is 10.4 Å². The average molecular weight is 222 g/mol. The normalized spacial score (nSPS) is 18.9. The molecule has 0 atom stereocenters. The molecule has 1 aromatic heterocycles. The molecular weight excluding hydrogens is 212 g/mol. The fourth-order valence-corrected chi connectivity index (χ4v) is 1.84. The fraction of sp³-hybridized carbons (Fsp3) is 0.625. The lowest BCUT2D eigenvalue weighted by molar-refractivity contribution is 0.0559. The summed E-state index contributed by atoms with van der Waals surface area (Å²) in [6.07, 6.45) is 2.95. The topological polar surface area (TPSA) is 29.9 Å². The summed E-state index contributed by atoms with van der Waals surface area (Å²) in [5.74, 6) is 0. The molecule has 0 unspecified atom stereocenters. The molecule has 1 fully saturated rings. The van der Waals surface area contributed by atoms with Crippen molar-refractivity contribution in [3.8, 4) is 0 Å². The van der Waals surface area contributed by atoms with Gasteiger partial charge in [0, 0.05) is 6.20 Å². The van der Waals surface area contributed by atoms with E-state index in [1.54, 1.807) is 7.05 Å². The van der Waals surface area contributed by atoms with E-state index < -0.39 is 6.55 Å². The highest BCUT2D eigenvalue weighted by molar-refractivity contribution is 6.31. The van der Waals surface area contributed by atoms with Crippen LogP contribution in [0.25, 0.3) is 0 Å². The molecule has 1 heterocycles. The first-order chi connectivity index (χ1) is 6.59. The number of hydrogen-bond donors (Lipinski definition) is 1. The first kappa shape index (κ1) is 9.86. The summed E-state index contributed by atoms with van der Waals surface area (Å²) in [4.78, 5) is 0. The second-order valence-corrected chi connectivity index (χ2v) is 3.82. The first-order valence-corrected chi connectivity index (χ1v) is 4.69. The Labute approximate surface area is 85.0 Å². The van der Waals surface area contributed by atoms with Gasteiger partial charge >= 0.3 is 6.55 Å². The molecule has 0 bridgehead atoms. The Balaban J connectivity index is 2.35. The molecule has 1 N–H and O–H groups in total. The Morgan fingerprint density at radius 3 is 2.64 bits per heavy atom. The van der Waals surface area contributed by atoms with Crippen molar-refractivity contribution < 1.29 is 8.78 Å². The van der Waals surface area contributed by atoms with Crippen LogP contribution in [0.2, 0.25) is 5.02 Å². The van der Waals surface area contributed by atoms with E-state index in [0.29, 0.717) is 15.4 Å². The van der Waals surface area contributed by atoms with Crippen LogP contribution in [0.3, 0.4) is 0 Å². The minimum Gasteiger partial charge on any atom is -0.309 e. The zero-order chi connectivity index (χ0) is 10.3. The summed E-state index contributed by atoms with van der Waals surface area (Å²) in [6.45, 7) is -2.63. The molecule has 6 heteroatoms. The number of nitrogens with one attached hydrogen (secondary N) is 1. The third kappa shape index (κ3) is 1.40. The predicted octanol–water partition coefficient (Wildman–Crippen LogP) is 2.14. The van der Waals surface area contributed by atoms with Crippen LogP contribution in [0.15, 0.2) is 6.20 Å². The zero-order valence-electron chi connectivity index (χ0n) is 7.60. The van der Waals surface area contributed by atoms with Gasteiger partial charge in [0.2, 0.25) is 0 Å². The maximum Gasteiger partial charge on any atom is 0.333 e. The van der Waals surface area contributed by atoms with Gasteiger partial charge in [0.15, 0.2) is 0 Å². The van der Waals surface area contributed by atoms with E-state index >= 15 is 0 Å². The SMILES string of the molecule is CNC1(c2nn(C(F)F)cc2Cl)CC1. The smallest absolute Gasteiger partial charge is 0.309 e. The Bertz CT molecular complexity index is 346. The summed E-state index contributed by atoms with van der Waals surface area (Å²) < 4.78 is 25.2. The number of aromatic nitrogens is 2. The van der Waals surface area contributed by atoms with Crippen LogP contribution in [-0.4, -0.2) is 16.8 Å². The molecule has 1 aliphatic carbocycles. The van der Waals surface area contributed by atoms with Gasteiger partial charge in [-0.3, -0.25) is 0 Å². The Morgan fingerprint density at radius 1 is 1.64 bits per heavy atom. The number of nitrogens with zero attached hydrogens (tertiary/aromatic N) is 2. The summed E-state index contributed by atoms with van der Waals surface area (Å²) in [5, 5.41) is 7.15. The molecule has 0 aromatic carbocycles. The lowest BCUT2D eigenvalue weighted by atomic mass is 10.2. The molecule has 0 spiro atoms. The Hall–Kier alpha value is -0.680. The third-order valence-electron chi connectivity index (χ3n) is 2.57. The van der Waals surface area contributed by atoms with Crippen molar-refractivity contribution in [2.45, 2.75) is 24.9 Å². The maximum absolute atomic E-state index is 12.3. The second-order valence-electron chi connectivity index (χ2n) is 3.42. The van der Waals surface area contributed by atoms with Crippen molar-refractivity contribution in [3.63, 3.8) is 0 Å². The summed E-state index contributed by atoms with van der Waals surface area (Å²) >= 11 is 5.84. The van der Waals surface area contributed by atoms with E-state index in [4.69, 9.17) is 11.6 Å². The molecular formula is C8H10ClF2N3. The quantitative estimate of drug-likeness (QED) is 0.848. The van der Waals surface area contributed by atoms with Crippen molar-refractivity contribution >= 4 is 11.6 Å². The number of hydrogen-bond acceptors (Lipinski definition) is 2. The van der Waals surface area contributed by atoms with Crippen molar-refractivity contribution in [2.24, 2.45) is 0 Å². The van der Waals surface area contributed by atoms with Crippen molar-refractivity contribution in [2.75, 3.05) is 7.05 Å². The highest BCUT2D eigenvalue weighted by Crippen LogP contribution is 2.46. The van der Waals surface area contributed by atoms with Crippen LogP contribution in [0.4, 0.5) is 8.78 Å². The minimum absolute atomic E-state index is 0.267. The van der Waals surface area contributed by atoms with E-state index in [9.17, 15) is 8.78 Å². The monoisotopic (exact) mass is 221 g/mol. The molecule has 1 saturated carbocycles. The van der Waals surface area contributed by atoms with Gasteiger partial charge < -0.3 is 5.32 Å². The molecule has 0 saturated heterocycles. The fourth-order valence-electron chi connectivity index (χ4n) is 1.52. The molecule has 1 aromatic rings. The highest BCUT2D eigenvalue weighted by atomic mass is 35.5. The van der Waals surface area contributed by atoms with Crippen LogP contribution in [0.1, 0.15) is 25.1 Å². The van der Waals surface area contributed by atoms with Crippen LogP contribution in [0.5, 0.6) is 0 Å². The maximum atomic E-state index is 12.3. The molecule has 0 aliphatic heterocycles. The van der Waals surface area contributed by atoms with E-state index in [0.717, 1.165) is 12.8 Å². The number of halogens is 3. The summed E-state index contributed by atoms with van der Waals surface area (Å²) in [7, 11) is 1.78. The first-order valence-electron chi connectivity index (χ1n) is 4.31. The molecule has 14 heavy (non-hydrogen) atoms. The lowest BCUT2D eigenvalue weighted by Crippen LogP contribution is -2.25. The highest BCUT2D eigenvalue weighted by Gasteiger charge is 2.46. The predicted molar refractivity (Wildman–Crippen MR) is 48.5 cm³/mol. The number of alkyl halides is 2. The molecule has 0 amide bonds. The van der Waals surface area contributed by atoms with Gasteiger partial charge in [-0.15, -0.1) is 0 Å². The summed E-state index contributed by atoms with van der Waals surface area (Å²) in [6, 6.07) is 0. The van der Waals surface area contributed by atoms with E-state index in [1.807, 2.05) is 0 Å². The van der Waals surface area contributed by atoms with E-state index in [-0.39, 0.29) is 5.54 Å². The van der Waals surface area contributed by atoms with Crippen LogP contribution >= 0.6 is 11.6 Å². The molecule has 78 valence electrons. The van der Waals surface area contributed by atoms with Crippen molar-refractivity contribution in [1.82, 2.24) is 15.1 Å². The van der Waals surface area contributed by atoms with Gasteiger partial charge in [-0.1, -0.05) is 11.6 Å². The molecule has 1 aliphatic rings. The molecule has 3 nitrogen and oxygen atoms in total. The van der Waals surface area contributed by atoms with Crippen LogP contribution in [-0.2, 0) is 5.54 Å². The molecule has 2 rings (SSSR count). The van der Waals surface area contributed by atoms with Gasteiger partial charge in [-0.2, -0.15) is 13.9 Å². The van der Waals surface area contributed by atoms with E-state index in [1.165, 1.54) is 6.20 Å². The number of rotatable bonds is 3. The molecule has 0 radical (unpaired) electrons. The zero-order valence-corrected chi connectivity index (χ0v) is 8.35. The standard InChI is InChI=1S/C8H10ClF2N3/c1-12-8(2-3-8)6-5(9)4-14(13-6)7(10)11/h4,7,12H,2-3H2,1H3. The minimum atomic E-state index is -2.63. The van der Waals surface area contributed by atoms with Crippen LogP contribution in [0, 0.1) is 0 Å². The van der Waals surface area contributed by atoms with Crippen molar-refractivity contribution in [1.29, 1.82) is 0 Å². The Morgan fingerprint density at radius 2 is 2.29 bits per heavy atom. The largest absolute Gasteiger partial charge is 0.333 e. The van der Waals surface area contributed by atoms with Gasteiger partial charge in [-0.05, 0) is 19.9 Å². The van der Waals surface area contributed by atoms with Crippen molar-refractivity contribution in [3.05, 3.63) is 16.9 Å². The third-order valence-corrected chi connectivity index (χ3v) is 2.85. The second kappa shape index (κ2) is 3.17. The summed E-state index contributed by atoms with van der Waals surface area (Å²) in [5.41, 5.74) is 0.263. The van der Waals surface area contributed by atoms with Gasteiger partial charge in [0.1, 0.15) is 5.69 Å². The lowest BCUT2D eigenvalue weighted by Gasteiger charge is -2.10. The van der Waals surface area contributed by atoms with Gasteiger partial charge in [0.25, 0.3) is 0 Å².